The maximum Gasteiger partial charge on any atom is 0.222 e. The van der Waals surface area contributed by atoms with Crippen molar-refractivity contribution in [2.24, 2.45) is 5.92 Å². The average molecular weight is 224 g/mol. The van der Waals surface area contributed by atoms with Gasteiger partial charge in [0.2, 0.25) is 5.91 Å². The first kappa shape index (κ1) is 11.9. The van der Waals surface area contributed by atoms with E-state index < -0.39 is 0 Å². The van der Waals surface area contributed by atoms with E-state index in [2.05, 4.69) is 17.6 Å². The largest absolute Gasteiger partial charge is 0.353 e. The van der Waals surface area contributed by atoms with Crippen molar-refractivity contribution in [1.29, 1.82) is 0 Å². The normalized spacial score (nSPS) is 32.1. The Labute approximate surface area is 98.4 Å². The van der Waals surface area contributed by atoms with E-state index in [9.17, 15) is 4.79 Å². The number of nitrogens with one attached hydrogen (secondary N) is 2. The van der Waals surface area contributed by atoms with Crippen LogP contribution in [-0.4, -0.2) is 24.5 Å². The summed E-state index contributed by atoms with van der Waals surface area (Å²) in [5, 5.41) is 6.52. The van der Waals surface area contributed by atoms with Crippen LogP contribution in [0.2, 0.25) is 0 Å². The Balaban J connectivity index is 1.82. The number of hydrogen-bond acceptors (Lipinski definition) is 2. The molecular weight excluding hydrogens is 200 g/mol. The Bertz CT molecular complexity index is 259. The van der Waals surface area contributed by atoms with E-state index in [1.165, 1.54) is 19.3 Å². The summed E-state index contributed by atoms with van der Waals surface area (Å²) in [5.41, 5.74) is 0.0838. The predicted octanol–water partition coefficient (Wildman–Crippen LogP) is 1.82. The van der Waals surface area contributed by atoms with Gasteiger partial charge in [-0.3, -0.25) is 4.79 Å². The van der Waals surface area contributed by atoms with Gasteiger partial charge < -0.3 is 10.6 Å². The van der Waals surface area contributed by atoms with Crippen LogP contribution in [0.15, 0.2) is 0 Å². The number of hydrogen-bond donors (Lipinski definition) is 2. The summed E-state index contributed by atoms with van der Waals surface area (Å²) >= 11 is 0. The molecule has 0 radical (unpaired) electrons. The zero-order chi connectivity index (χ0) is 11.6. The second kappa shape index (κ2) is 4.74. The molecule has 2 aliphatic rings. The summed E-state index contributed by atoms with van der Waals surface area (Å²) in [7, 11) is 2.00. The van der Waals surface area contributed by atoms with Gasteiger partial charge in [-0.15, -0.1) is 0 Å². The number of rotatable bonds is 4. The molecule has 2 unspecified atom stereocenters. The van der Waals surface area contributed by atoms with Crippen LogP contribution in [-0.2, 0) is 4.79 Å². The first-order valence-electron chi connectivity index (χ1n) is 6.63. The zero-order valence-electron chi connectivity index (χ0n) is 10.5. The van der Waals surface area contributed by atoms with Crippen molar-refractivity contribution in [3.05, 3.63) is 0 Å². The molecule has 0 bridgehead atoms. The van der Waals surface area contributed by atoms with Crippen LogP contribution in [0.5, 0.6) is 0 Å². The molecule has 0 aromatic rings. The highest BCUT2D eigenvalue weighted by atomic mass is 16.1. The van der Waals surface area contributed by atoms with Crippen molar-refractivity contribution >= 4 is 5.91 Å². The fourth-order valence-electron chi connectivity index (χ4n) is 2.83. The summed E-state index contributed by atoms with van der Waals surface area (Å²) in [4.78, 5) is 11.9. The van der Waals surface area contributed by atoms with E-state index >= 15 is 0 Å². The lowest BCUT2D eigenvalue weighted by atomic mass is 9.79. The van der Waals surface area contributed by atoms with Crippen LogP contribution in [0, 0.1) is 5.92 Å². The van der Waals surface area contributed by atoms with E-state index in [1.54, 1.807) is 0 Å². The van der Waals surface area contributed by atoms with Crippen molar-refractivity contribution in [2.75, 3.05) is 7.05 Å². The molecule has 16 heavy (non-hydrogen) atoms. The van der Waals surface area contributed by atoms with Gasteiger partial charge in [0.05, 0.1) is 0 Å². The van der Waals surface area contributed by atoms with E-state index in [0.29, 0.717) is 18.4 Å². The fraction of sp³-hybridized carbons (Fsp3) is 0.923. The lowest BCUT2D eigenvalue weighted by molar-refractivity contribution is -0.123. The molecule has 0 aromatic carbocycles. The van der Waals surface area contributed by atoms with Crippen LogP contribution in [0.1, 0.15) is 51.9 Å². The highest BCUT2D eigenvalue weighted by Crippen LogP contribution is 2.32. The van der Waals surface area contributed by atoms with Gasteiger partial charge in [-0.25, -0.2) is 0 Å². The quantitative estimate of drug-likeness (QED) is 0.765. The van der Waals surface area contributed by atoms with Gasteiger partial charge in [-0.05, 0) is 32.2 Å². The van der Waals surface area contributed by atoms with Crippen molar-refractivity contribution in [3.8, 4) is 0 Å². The summed E-state index contributed by atoms with van der Waals surface area (Å²) in [5.74, 6) is 0.937. The van der Waals surface area contributed by atoms with Crippen LogP contribution in [0.4, 0.5) is 0 Å². The van der Waals surface area contributed by atoms with Crippen molar-refractivity contribution in [1.82, 2.24) is 10.6 Å². The minimum atomic E-state index is 0.0838. The maximum atomic E-state index is 11.9. The molecular formula is C13H24N2O. The van der Waals surface area contributed by atoms with Crippen LogP contribution < -0.4 is 10.6 Å². The van der Waals surface area contributed by atoms with E-state index in [4.69, 9.17) is 0 Å². The lowest BCUT2D eigenvalue weighted by Crippen LogP contribution is -2.48. The highest BCUT2D eigenvalue weighted by Gasteiger charge is 2.37. The Morgan fingerprint density at radius 2 is 1.94 bits per heavy atom. The molecule has 2 atom stereocenters. The molecule has 2 N–H and O–H groups in total. The lowest BCUT2D eigenvalue weighted by Gasteiger charge is -2.36. The molecule has 2 saturated carbocycles. The molecule has 92 valence electrons. The minimum absolute atomic E-state index is 0.0838. The van der Waals surface area contributed by atoms with Gasteiger partial charge in [0.25, 0.3) is 0 Å². The molecule has 0 aromatic heterocycles. The van der Waals surface area contributed by atoms with Crippen LogP contribution in [0.3, 0.4) is 0 Å². The molecule has 0 aliphatic heterocycles. The molecule has 1 amide bonds. The van der Waals surface area contributed by atoms with E-state index in [1.807, 2.05) is 7.05 Å². The molecule has 0 heterocycles. The molecule has 2 fully saturated rings. The second-order valence-corrected chi connectivity index (χ2v) is 5.65. The smallest absolute Gasteiger partial charge is 0.222 e. The number of amides is 1. The van der Waals surface area contributed by atoms with Crippen LogP contribution in [0.25, 0.3) is 0 Å². The molecule has 2 rings (SSSR count). The zero-order valence-corrected chi connectivity index (χ0v) is 10.5. The summed E-state index contributed by atoms with van der Waals surface area (Å²) in [6, 6.07) is 0.463. The van der Waals surface area contributed by atoms with Gasteiger partial charge in [-0.2, -0.15) is 0 Å². The molecule has 3 nitrogen and oxygen atoms in total. The van der Waals surface area contributed by atoms with Crippen molar-refractivity contribution < 1.29 is 4.79 Å². The summed E-state index contributed by atoms with van der Waals surface area (Å²) in [6.45, 7) is 2.19. The third kappa shape index (κ3) is 2.76. The molecule has 0 saturated heterocycles. The molecule has 3 heteroatoms. The van der Waals surface area contributed by atoms with Gasteiger partial charge in [0, 0.05) is 18.0 Å². The van der Waals surface area contributed by atoms with Gasteiger partial charge in [0.1, 0.15) is 0 Å². The Morgan fingerprint density at radius 1 is 1.31 bits per heavy atom. The van der Waals surface area contributed by atoms with E-state index in [0.717, 1.165) is 19.3 Å². The molecule has 2 aliphatic carbocycles. The fourth-order valence-corrected chi connectivity index (χ4v) is 2.83. The molecule has 0 spiro atoms. The van der Waals surface area contributed by atoms with Gasteiger partial charge in [-0.1, -0.05) is 26.2 Å². The third-order valence-electron chi connectivity index (χ3n) is 4.30. The second-order valence-electron chi connectivity index (χ2n) is 5.65. The monoisotopic (exact) mass is 224 g/mol. The standard InChI is InChI=1S/C13H24N2O/c1-10-8-11(10)15-12(16)9-13(14-2)6-4-3-5-7-13/h10-11,14H,3-9H2,1-2H3,(H,15,16). The first-order chi connectivity index (χ1) is 7.65. The number of carbonyl (C=O) groups is 1. The Hall–Kier alpha value is -0.570. The van der Waals surface area contributed by atoms with Gasteiger partial charge in [0.15, 0.2) is 0 Å². The summed E-state index contributed by atoms with van der Waals surface area (Å²) < 4.78 is 0. The average Bonchev–Trinajstić information content (AvgIpc) is 2.95. The van der Waals surface area contributed by atoms with Gasteiger partial charge >= 0.3 is 0 Å². The van der Waals surface area contributed by atoms with Crippen molar-refractivity contribution in [3.63, 3.8) is 0 Å². The number of carbonyl (C=O) groups excluding carboxylic acids is 1. The van der Waals surface area contributed by atoms with E-state index in [-0.39, 0.29) is 11.4 Å². The SMILES string of the molecule is CNC1(CC(=O)NC2CC2C)CCCCC1. The van der Waals surface area contributed by atoms with Crippen molar-refractivity contribution in [2.45, 2.75) is 63.5 Å². The van der Waals surface area contributed by atoms with Crippen LogP contribution >= 0.6 is 0 Å². The Morgan fingerprint density at radius 3 is 2.44 bits per heavy atom. The predicted molar refractivity (Wildman–Crippen MR) is 65.2 cm³/mol. The Kier molecular flexibility index (Phi) is 3.53. The maximum absolute atomic E-state index is 11.9. The first-order valence-corrected chi connectivity index (χ1v) is 6.63. The summed E-state index contributed by atoms with van der Waals surface area (Å²) in [6.07, 6.45) is 7.96. The highest BCUT2D eigenvalue weighted by molar-refractivity contribution is 5.78. The third-order valence-corrected chi connectivity index (χ3v) is 4.30. The topological polar surface area (TPSA) is 41.1 Å². The minimum Gasteiger partial charge on any atom is -0.353 e.